The lowest BCUT2D eigenvalue weighted by Crippen LogP contribution is -1.69. The third-order valence-electron chi connectivity index (χ3n) is 3.23. The number of allylic oxidation sites excluding steroid dienone is 4. The predicted molar refractivity (Wildman–Crippen MR) is 96.4 cm³/mol. The van der Waals surface area contributed by atoms with Gasteiger partial charge in [-0.25, -0.2) is 0 Å². The highest BCUT2D eigenvalue weighted by Crippen LogP contribution is 2.00. The molecule has 0 aliphatic rings. The predicted octanol–water partition coefficient (Wildman–Crippen LogP) is 7.85. The summed E-state index contributed by atoms with van der Waals surface area (Å²) in [5.41, 5.74) is 0. The lowest BCUT2D eigenvalue weighted by Gasteiger charge is -1.89. The van der Waals surface area contributed by atoms with Crippen molar-refractivity contribution in [1.82, 2.24) is 0 Å². The maximum Gasteiger partial charge on any atom is -0.0351 e. The average molecular weight is 281 g/mol. The molecule has 0 bridgehead atoms. The molecule has 0 aromatic heterocycles. The van der Waals surface area contributed by atoms with Gasteiger partial charge in [-0.3, -0.25) is 0 Å². The third-order valence-corrected chi connectivity index (χ3v) is 3.23. The summed E-state index contributed by atoms with van der Waals surface area (Å²) in [6.07, 6.45) is 25.1. The van der Waals surface area contributed by atoms with Crippen LogP contribution in [0, 0.1) is 0 Å². The zero-order valence-electron chi connectivity index (χ0n) is 14.8. The Balaban J connectivity index is 0. The molecule has 0 saturated carbocycles. The molecule has 0 N–H and O–H groups in total. The molecule has 0 spiro atoms. The largest absolute Gasteiger partial charge is 0.0885 e. The van der Waals surface area contributed by atoms with Crippen molar-refractivity contribution in [3.8, 4) is 0 Å². The Bertz CT molecular complexity index is 146. The summed E-state index contributed by atoms with van der Waals surface area (Å²) in [7, 11) is 0. The van der Waals surface area contributed by atoms with E-state index in [9.17, 15) is 0 Å². The van der Waals surface area contributed by atoms with Crippen LogP contribution >= 0.6 is 0 Å². The monoisotopic (exact) mass is 280 g/mol. The fourth-order valence-electron chi connectivity index (χ4n) is 1.76. The van der Waals surface area contributed by atoms with E-state index in [4.69, 9.17) is 0 Å². The van der Waals surface area contributed by atoms with Crippen molar-refractivity contribution in [3.63, 3.8) is 0 Å². The van der Waals surface area contributed by atoms with E-state index in [1.165, 1.54) is 77.0 Å². The Morgan fingerprint density at radius 1 is 0.400 bits per heavy atom. The number of hydrogen-bond donors (Lipinski definition) is 0. The van der Waals surface area contributed by atoms with Crippen LogP contribution in [-0.4, -0.2) is 0 Å². The Kier molecular flexibility index (Phi) is 25.7. The van der Waals surface area contributed by atoms with Gasteiger partial charge in [-0.2, -0.15) is 0 Å². The first kappa shape index (κ1) is 21.8. The van der Waals surface area contributed by atoms with Crippen LogP contribution in [-0.2, 0) is 0 Å². The van der Waals surface area contributed by atoms with Crippen LogP contribution in [0.1, 0.15) is 105 Å². The maximum absolute atomic E-state index is 2.32. The van der Waals surface area contributed by atoms with Crippen molar-refractivity contribution < 1.29 is 0 Å². The second-order valence-corrected chi connectivity index (χ2v) is 5.51. The first-order valence-electron chi connectivity index (χ1n) is 9.13. The van der Waals surface area contributed by atoms with E-state index in [0.29, 0.717) is 0 Å². The highest BCUT2D eigenvalue weighted by molar-refractivity contribution is 4.81. The maximum atomic E-state index is 2.32. The smallest absolute Gasteiger partial charge is 0.0351 e. The van der Waals surface area contributed by atoms with Gasteiger partial charge in [0.25, 0.3) is 0 Å². The van der Waals surface area contributed by atoms with E-state index < -0.39 is 0 Å². The lowest BCUT2D eigenvalue weighted by molar-refractivity contribution is 0.793. The van der Waals surface area contributed by atoms with Crippen molar-refractivity contribution in [2.45, 2.75) is 105 Å². The minimum absolute atomic E-state index is 1.28. The molecule has 0 heterocycles. The topological polar surface area (TPSA) is 0 Å². The number of hydrogen-bond acceptors (Lipinski definition) is 0. The van der Waals surface area contributed by atoms with Gasteiger partial charge >= 0.3 is 0 Å². The van der Waals surface area contributed by atoms with Gasteiger partial charge in [0.1, 0.15) is 0 Å². The molecule has 0 atom stereocenters. The van der Waals surface area contributed by atoms with Gasteiger partial charge < -0.3 is 0 Å². The summed E-state index contributed by atoms with van der Waals surface area (Å²) in [5.74, 6) is 0. The zero-order valence-corrected chi connectivity index (χ0v) is 14.8. The van der Waals surface area contributed by atoms with Gasteiger partial charge in [0.15, 0.2) is 0 Å². The molecule has 0 fully saturated rings. The second-order valence-electron chi connectivity index (χ2n) is 5.51. The Morgan fingerprint density at radius 2 is 0.600 bits per heavy atom. The minimum atomic E-state index is 1.28. The van der Waals surface area contributed by atoms with E-state index in [2.05, 4.69) is 52.0 Å². The molecule has 0 nitrogen and oxygen atoms in total. The highest BCUT2D eigenvalue weighted by Gasteiger charge is 1.79. The van der Waals surface area contributed by atoms with E-state index in [0.717, 1.165) is 0 Å². The summed E-state index contributed by atoms with van der Waals surface area (Å²) in [4.78, 5) is 0. The molecule has 0 aromatic carbocycles. The van der Waals surface area contributed by atoms with Crippen molar-refractivity contribution in [2.75, 3.05) is 0 Å². The molecule has 0 amide bonds. The first-order valence-corrected chi connectivity index (χ1v) is 9.13. The van der Waals surface area contributed by atoms with Crippen LogP contribution in [0.15, 0.2) is 24.3 Å². The molecule has 0 radical (unpaired) electrons. The summed E-state index contributed by atoms with van der Waals surface area (Å²) in [6.45, 7) is 8.94. The molecular formula is C20H40. The van der Waals surface area contributed by atoms with Crippen molar-refractivity contribution in [3.05, 3.63) is 24.3 Å². The number of unbranched alkanes of at least 4 members (excludes halogenated alkanes) is 8. The van der Waals surface area contributed by atoms with Crippen LogP contribution < -0.4 is 0 Å². The van der Waals surface area contributed by atoms with Crippen molar-refractivity contribution >= 4 is 0 Å². The number of rotatable bonds is 12. The molecule has 0 aliphatic carbocycles. The van der Waals surface area contributed by atoms with Crippen LogP contribution in [0.25, 0.3) is 0 Å². The SMILES string of the molecule is CCCC/C=C/CCCC.CCCC/C=C/CCCC. The van der Waals surface area contributed by atoms with Gasteiger partial charge in [-0.15, -0.1) is 0 Å². The fraction of sp³-hybridized carbons (Fsp3) is 0.800. The summed E-state index contributed by atoms with van der Waals surface area (Å²) >= 11 is 0. The molecule has 0 aromatic rings. The van der Waals surface area contributed by atoms with Gasteiger partial charge in [0.2, 0.25) is 0 Å². The standard InChI is InChI=1S/2C10H20/c2*1-3-5-7-9-10-8-6-4-2/h2*9-10H,3-8H2,1-2H3/b2*10-9+. The Labute approximate surface area is 129 Å². The molecule has 0 unspecified atom stereocenters. The van der Waals surface area contributed by atoms with E-state index in [1.807, 2.05) is 0 Å². The van der Waals surface area contributed by atoms with Crippen LogP contribution in [0.2, 0.25) is 0 Å². The van der Waals surface area contributed by atoms with Crippen molar-refractivity contribution in [2.24, 2.45) is 0 Å². The molecule has 0 heteroatoms. The molecule has 0 aliphatic heterocycles. The Morgan fingerprint density at radius 3 is 0.750 bits per heavy atom. The summed E-state index contributed by atoms with van der Waals surface area (Å²) < 4.78 is 0. The van der Waals surface area contributed by atoms with Gasteiger partial charge in [-0.1, -0.05) is 103 Å². The van der Waals surface area contributed by atoms with E-state index in [-0.39, 0.29) is 0 Å². The summed E-state index contributed by atoms with van der Waals surface area (Å²) in [6, 6.07) is 0. The van der Waals surface area contributed by atoms with Crippen LogP contribution in [0.4, 0.5) is 0 Å². The second kappa shape index (κ2) is 23.6. The average Bonchev–Trinajstić information content (AvgIpc) is 2.47. The quantitative estimate of drug-likeness (QED) is 0.252. The fourth-order valence-corrected chi connectivity index (χ4v) is 1.76. The molecule has 0 rings (SSSR count). The summed E-state index contributed by atoms with van der Waals surface area (Å²) in [5, 5.41) is 0. The molecule has 20 heavy (non-hydrogen) atoms. The van der Waals surface area contributed by atoms with Gasteiger partial charge in [0, 0.05) is 0 Å². The van der Waals surface area contributed by atoms with E-state index >= 15 is 0 Å². The molecular weight excluding hydrogens is 240 g/mol. The molecule has 0 saturated heterocycles. The van der Waals surface area contributed by atoms with E-state index in [1.54, 1.807) is 0 Å². The Hall–Kier alpha value is -0.520. The normalized spacial score (nSPS) is 11.0. The minimum Gasteiger partial charge on any atom is -0.0885 e. The van der Waals surface area contributed by atoms with Gasteiger partial charge in [0.05, 0.1) is 0 Å². The van der Waals surface area contributed by atoms with Crippen LogP contribution in [0.3, 0.4) is 0 Å². The highest BCUT2D eigenvalue weighted by atomic mass is 13.9. The van der Waals surface area contributed by atoms with Gasteiger partial charge in [-0.05, 0) is 25.7 Å². The third kappa shape index (κ3) is 26.1. The first-order chi connectivity index (χ1) is 9.83. The van der Waals surface area contributed by atoms with Crippen molar-refractivity contribution in [1.29, 1.82) is 0 Å². The van der Waals surface area contributed by atoms with Crippen LogP contribution in [0.5, 0.6) is 0 Å². The lowest BCUT2D eigenvalue weighted by atomic mass is 10.2. The molecule has 120 valence electrons. The zero-order chi connectivity index (χ0) is 15.3.